The number of rotatable bonds is 10. The smallest absolute Gasteiger partial charge is 0.313 e. The van der Waals surface area contributed by atoms with Gasteiger partial charge in [-0.15, -0.1) is 0 Å². The molecule has 0 spiro atoms. The van der Waals surface area contributed by atoms with Crippen molar-refractivity contribution in [2.24, 2.45) is 5.92 Å². The van der Waals surface area contributed by atoms with Crippen molar-refractivity contribution >= 4 is 28.4 Å². The predicted octanol–water partition coefficient (Wildman–Crippen LogP) is 5.16. The Balaban J connectivity index is 1.21. The molecule has 1 aliphatic heterocycles. The summed E-state index contributed by atoms with van der Waals surface area (Å²) in [6.45, 7) is 4.85. The third kappa shape index (κ3) is 7.78. The summed E-state index contributed by atoms with van der Waals surface area (Å²) < 4.78 is 32.7. The second kappa shape index (κ2) is 14.0. The lowest BCUT2D eigenvalue weighted by Gasteiger charge is -2.23. The van der Waals surface area contributed by atoms with E-state index < -0.39 is 17.6 Å². The van der Waals surface area contributed by atoms with Crippen molar-refractivity contribution in [1.82, 2.24) is 15.6 Å². The Morgan fingerprint density at radius 2 is 1.81 bits per heavy atom. The fourth-order valence-corrected chi connectivity index (χ4v) is 4.98. The van der Waals surface area contributed by atoms with Crippen LogP contribution in [0.25, 0.3) is 10.9 Å². The highest BCUT2D eigenvalue weighted by Gasteiger charge is 2.18. The van der Waals surface area contributed by atoms with Crippen LogP contribution in [-0.2, 0) is 16.0 Å². The van der Waals surface area contributed by atoms with Gasteiger partial charge < -0.3 is 30.2 Å². The van der Waals surface area contributed by atoms with Gasteiger partial charge in [0.2, 0.25) is 0 Å². The van der Waals surface area contributed by atoms with Crippen molar-refractivity contribution in [3.8, 4) is 23.0 Å². The van der Waals surface area contributed by atoms with Crippen LogP contribution < -0.4 is 30.2 Å². The monoisotopic (exact) mass is 586 g/mol. The molecule has 3 N–H and O–H groups in total. The fourth-order valence-electron chi connectivity index (χ4n) is 4.98. The molecule has 1 fully saturated rings. The van der Waals surface area contributed by atoms with Crippen LogP contribution in [0.2, 0.25) is 0 Å². The number of hydrogen-bond acceptors (Lipinski definition) is 7. The summed E-state index contributed by atoms with van der Waals surface area (Å²) in [7, 11) is 1.56. The summed E-state index contributed by atoms with van der Waals surface area (Å²) in [5.41, 5.74) is 2.91. The van der Waals surface area contributed by atoms with E-state index in [0.717, 1.165) is 43.1 Å². The third-order valence-corrected chi connectivity index (χ3v) is 7.32. The minimum atomic E-state index is -0.886. The molecule has 10 heteroatoms. The van der Waals surface area contributed by atoms with Crippen LogP contribution in [0.5, 0.6) is 23.0 Å². The van der Waals surface area contributed by atoms with Gasteiger partial charge in [-0.1, -0.05) is 29.8 Å². The van der Waals surface area contributed by atoms with Gasteiger partial charge in [-0.3, -0.25) is 14.6 Å². The van der Waals surface area contributed by atoms with Gasteiger partial charge in [0.25, 0.3) is 0 Å². The second-order valence-corrected chi connectivity index (χ2v) is 10.5. The highest BCUT2D eigenvalue weighted by Crippen LogP contribution is 2.38. The average Bonchev–Trinajstić information content (AvgIpc) is 3.01. The van der Waals surface area contributed by atoms with Crippen molar-refractivity contribution in [3.63, 3.8) is 0 Å². The Kier molecular flexibility index (Phi) is 9.68. The molecule has 1 aliphatic rings. The van der Waals surface area contributed by atoms with Crippen LogP contribution in [0.15, 0.2) is 66.9 Å². The molecule has 43 heavy (non-hydrogen) atoms. The number of fused-ring (bicyclic) bond motifs is 1. The molecule has 4 aromatic rings. The van der Waals surface area contributed by atoms with Crippen LogP contribution in [0.4, 0.5) is 10.1 Å². The lowest BCUT2D eigenvalue weighted by atomic mass is 9.99. The van der Waals surface area contributed by atoms with Gasteiger partial charge in [0.1, 0.15) is 5.75 Å². The number of piperidine rings is 1. The molecular weight excluding hydrogens is 551 g/mol. The molecule has 224 valence electrons. The Labute approximate surface area is 249 Å². The molecule has 2 amide bonds. The van der Waals surface area contributed by atoms with Gasteiger partial charge in [-0.05, 0) is 75.0 Å². The maximum absolute atomic E-state index is 15.1. The first-order valence-corrected chi connectivity index (χ1v) is 14.3. The summed E-state index contributed by atoms with van der Waals surface area (Å²) >= 11 is 0. The minimum absolute atomic E-state index is 0.0571. The number of pyridine rings is 1. The number of carbonyl (C=O) groups is 2. The van der Waals surface area contributed by atoms with Gasteiger partial charge in [0.15, 0.2) is 23.1 Å². The molecule has 0 radical (unpaired) electrons. The standard InChI is InChI=1S/C33H35FN4O5/c1-21-4-3-5-22(16-21)10-14-37-32(39)33(40)38-24-6-7-29(26(34)17-24)43-28-11-15-36-27-19-31(30(41-2)18-25(27)28)42-20-23-8-12-35-13-9-23/h3-7,11,15-19,23,35H,8-10,12-14,20H2,1-2H3,(H,37,39)(H,38,40). The first kappa shape index (κ1) is 29.8. The molecule has 1 saturated heterocycles. The summed E-state index contributed by atoms with van der Waals surface area (Å²) in [5.74, 6) is -0.504. The number of hydrogen-bond donors (Lipinski definition) is 3. The number of aromatic nitrogens is 1. The topological polar surface area (TPSA) is 111 Å². The van der Waals surface area contributed by atoms with Crippen LogP contribution in [0.3, 0.4) is 0 Å². The number of ether oxygens (including phenoxy) is 3. The lowest BCUT2D eigenvalue weighted by molar-refractivity contribution is -0.136. The number of anilines is 1. The summed E-state index contributed by atoms with van der Waals surface area (Å²) in [5, 5.41) is 8.99. The number of nitrogens with zero attached hydrogens (tertiary/aromatic N) is 1. The van der Waals surface area contributed by atoms with E-state index >= 15 is 4.39 Å². The van der Waals surface area contributed by atoms with Crippen molar-refractivity contribution in [1.29, 1.82) is 0 Å². The number of benzene rings is 3. The van der Waals surface area contributed by atoms with Gasteiger partial charge in [-0.2, -0.15) is 0 Å². The van der Waals surface area contributed by atoms with E-state index in [0.29, 0.717) is 53.6 Å². The van der Waals surface area contributed by atoms with Crippen molar-refractivity contribution in [2.45, 2.75) is 26.2 Å². The zero-order valence-electron chi connectivity index (χ0n) is 24.2. The summed E-state index contributed by atoms with van der Waals surface area (Å²) in [6, 6.07) is 17.1. The fraction of sp³-hybridized carbons (Fsp3) is 0.303. The number of carbonyl (C=O) groups excluding carboxylic acids is 2. The quantitative estimate of drug-likeness (QED) is 0.220. The Hall–Kier alpha value is -4.70. The first-order chi connectivity index (χ1) is 20.9. The molecule has 0 unspecified atom stereocenters. The van der Waals surface area contributed by atoms with E-state index in [-0.39, 0.29) is 11.4 Å². The van der Waals surface area contributed by atoms with Crippen LogP contribution >= 0.6 is 0 Å². The molecule has 5 rings (SSSR count). The van der Waals surface area contributed by atoms with E-state index in [1.165, 1.54) is 12.1 Å². The van der Waals surface area contributed by atoms with E-state index in [1.54, 1.807) is 31.5 Å². The largest absolute Gasteiger partial charge is 0.493 e. The molecule has 1 aromatic heterocycles. The molecule has 0 saturated carbocycles. The molecule has 0 bridgehead atoms. The molecule has 3 aromatic carbocycles. The Morgan fingerprint density at radius 3 is 2.58 bits per heavy atom. The zero-order valence-corrected chi connectivity index (χ0v) is 24.2. The highest BCUT2D eigenvalue weighted by atomic mass is 19.1. The highest BCUT2D eigenvalue weighted by molar-refractivity contribution is 6.39. The second-order valence-electron chi connectivity index (χ2n) is 10.5. The number of halogens is 1. The van der Waals surface area contributed by atoms with E-state index in [9.17, 15) is 9.59 Å². The average molecular weight is 587 g/mol. The van der Waals surface area contributed by atoms with Crippen molar-refractivity contribution in [2.75, 3.05) is 38.7 Å². The SMILES string of the molecule is COc1cc2c(Oc3ccc(NC(=O)C(=O)NCCc4cccc(C)c4)cc3F)ccnc2cc1OCC1CCNCC1. The van der Waals surface area contributed by atoms with E-state index in [1.807, 2.05) is 31.2 Å². The number of amides is 2. The maximum Gasteiger partial charge on any atom is 0.313 e. The molecule has 0 atom stereocenters. The van der Waals surface area contributed by atoms with Crippen LogP contribution in [0.1, 0.15) is 24.0 Å². The number of aryl methyl sites for hydroxylation is 1. The molecule has 9 nitrogen and oxygen atoms in total. The summed E-state index contributed by atoms with van der Waals surface area (Å²) in [6.07, 6.45) is 4.28. The van der Waals surface area contributed by atoms with Crippen molar-refractivity contribution in [3.05, 3.63) is 83.8 Å². The maximum atomic E-state index is 15.1. The van der Waals surface area contributed by atoms with Crippen LogP contribution in [-0.4, -0.2) is 50.1 Å². The number of nitrogens with one attached hydrogen (secondary N) is 3. The van der Waals surface area contributed by atoms with Gasteiger partial charge in [-0.25, -0.2) is 4.39 Å². The minimum Gasteiger partial charge on any atom is -0.493 e. The normalized spacial score (nSPS) is 13.4. The first-order valence-electron chi connectivity index (χ1n) is 14.3. The third-order valence-electron chi connectivity index (χ3n) is 7.32. The van der Waals surface area contributed by atoms with Gasteiger partial charge >= 0.3 is 11.8 Å². The zero-order chi connectivity index (χ0) is 30.2. The molecular formula is C33H35FN4O5. The summed E-state index contributed by atoms with van der Waals surface area (Å²) in [4.78, 5) is 29.0. The van der Waals surface area contributed by atoms with E-state index in [4.69, 9.17) is 14.2 Å². The van der Waals surface area contributed by atoms with Crippen molar-refractivity contribution < 1.29 is 28.2 Å². The predicted molar refractivity (Wildman–Crippen MR) is 162 cm³/mol. The Bertz CT molecular complexity index is 1610. The Morgan fingerprint density at radius 1 is 0.977 bits per heavy atom. The van der Waals surface area contributed by atoms with Gasteiger partial charge in [0, 0.05) is 35.9 Å². The lowest BCUT2D eigenvalue weighted by Crippen LogP contribution is -2.36. The van der Waals surface area contributed by atoms with Gasteiger partial charge in [0.05, 0.1) is 19.2 Å². The molecule has 0 aliphatic carbocycles. The van der Waals surface area contributed by atoms with E-state index in [2.05, 4.69) is 20.9 Å². The molecule has 2 heterocycles. The number of methoxy groups -OCH3 is 1. The van der Waals surface area contributed by atoms with Crippen LogP contribution in [0, 0.1) is 18.7 Å².